The highest BCUT2D eigenvalue weighted by molar-refractivity contribution is 7.81. The highest BCUT2D eigenvalue weighted by atomic mass is 32.2. The molecule has 0 aliphatic heterocycles. The summed E-state index contributed by atoms with van der Waals surface area (Å²) in [4.78, 5) is 15.1. The number of pyridine rings is 1. The molecule has 0 radical (unpaired) electrons. The Labute approximate surface area is 143 Å². The van der Waals surface area contributed by atoms with Crippen LogP contribution in [0.1, 0.15) is 0 Å². The summed E-state index contributed by atoms with van der Waals surface area (Å²) in [7, 11) is 0. The van der Waals surface area contributed by atoms with Gasteiger partial charge in [-0.1, -0.05) is 6.07 Å². The molecular weight excluding hydrogens is 350 g/mol. The molecule has 1 aromatic carbocycles. The van der Waals surface area contributed by atoms with Crippen molar-refractivity contribution in [3.63, 3.8) is 0 Å². The zero-order chi connectivity index (χ0) is 17.1. The first-order chi connectivity index (χ1) is 11.6. The molecule has 0 bridgehead atoms. The van der Waals surface area contributed by atoms with Gasteiger partial charge in [-0.25, -0.2) is 4.98 Å². The lowest BCUT2D eigenvalue weighted by Gasteiger charge is -2.23. The molecule has 1 atom stereocenters. The van der Waals surface area contributed by atoms with Crippen molar-refractivity contribution in [2.45, 2.75) is 0 Å². The maximum absolute atomic E-state index is 11.6. The summed E-state index contributed by atoms with van der Waals surface area (Å²) < 4.78 is 24.3. The molecule has 2 aromatic heterocycles. The van der Waals surface area contributed by atoms with E-state index in [-0.39, 0.29) is 5.69 Å². The van der Waals surface area contributed by atoms with Crippen LogP contribution in [0, 0.1) is 10.1 Å². The van der Waals surface area contributed by atoms with E-state index in [2.05, 4.69) is 4.98 Å². The van der Waals surface area contributed by atoms with Crippen LogP contribution in [-0.2, 0) is 11.3 Å². The van der Waals surface area contributed by atoms with Crippen LogP contribution in [0.5, 0.6) is 0 Å². The van der Waals surface area contributed by atoms with E-state index in [4.69, 9.17) is 0 Å². The minimum Gasteiger partial charge on any atom is -0.755 e. The third kappa shape index (κ3) is 3.32. The van der Waals surface area contributed by atoms with E-state index in [9.17, 15) is 18.9 Å². The minimum absolute atomic E-state index is 0.00584. The lowest BCUT2D eigenvalue weighted by molar-refractivity contribution is -0.384. The standard InChI is InChI=1S/C15H11N3O4S2/c19-18(20)12-6-4-11(5-7-12)14-9-13(10-23-14)17(24(21)22)15-3-1-2-8-16-15/h1-10H,(H,21,22)/p-1. The average Bonchev–Trinajstić information content (AvgIpc) is 3.05. The molecule has 24 heavy (non-hydrogen) atoms. The maximum Gasteiger partial charge on any atom is 0.269 e. The Balaban J connectivity index is 1.94. The fourth-order valence-corrected chi connectivity index (χ4v) is 3.59. The van der Waals surface area contributed by atoms with E-state index in [1.807, 2.05) is 0 Å². The number of anilines is 2. The van der Waals surface area contributed by atoms with Gasteiger partial charge in [-0.3, -0.25) is 18.6 Å². The number of non-ortho nitro benzene ring substituents is 1. The lowest BCUT2D eigenvalue weighted by atomic mass is 10.2. The van der Waals surface area contributed by atoms with Crippen molar-refractivity contribution >= 4 is 39.8 Å². The second-order valence-electron chi connectivity index (χ2n) is 4.67. The quantitative estimate of drug-likeness (QED) is 0.393. The second-order valence-corrected chi connectivity index (χ2v) is 6.38. The smallest absolute Gasteiger partial charge is 0.269 e. The monoisotopic (exact) mass is 360 g/mol. The Kier molecular flexibility index (Phi) is 4.65. The number of hydrogen-bond acceptors (Lipinski definition) is 6. The fraction of sp³-hybridized carbons (Fsp3) is 0. The minimum atomic E-state index is -2.52. The molecule has 0 aliphatic carbocycles. The van der Waals surface area contributed by atoms with Crippen LogP contribution in [0.15, 0.2) is 60.1 Å². The predicted molar refractivity (Wildman–Crippen MR) is 91.7 cm³/mol. The maximum atomic E-state index is 11.6. The number of hydrogen-bond donors (Lipinski definition) is 0. The predicted octanol–water partition coefficient (Wildman–Crippen LogP) is 3.65. The van der Waals surface area contributed by atoms with E-state index < -0.39 is 16.2 Å². The van der Waals surface area contributed by atoms with Gasteiger partial charge in [0.25, 0.3) is 5.69 Å². The molecule has 3 rings (SSSR count). The zero-order valence-corrected chi connectivity index (χ0v) is 13.7. The molecule has 0 amide bonds. The number of nitro benzene ring substituents is 1. The van der Waals surface area contributed by atoms with Crippen molar-refractivity contribution in [1.82, 2.24) is 4.98 Å². The summed E-state index contributed by atoms with van der Waals surface area (Å²) in [5.41, 5.74) is 1.24. The van der Waals surface area contributed by atoms with E-state index in [1.54, 1.807) is 41.8 Å². The highest BCUT2D eigenvalue weighted by Crippen LogP contribution is 2.35. The van der Waals surface area contributed by atoms with E-state index >= 15 is 0 Å². The largest absolute Gasteiger partial charge is 0.755 e. The lowest BCUT2D eigenvalue weighted by Crippen LogP contribution is -2.19. The molecule has 9 heteroatoms. The van der Waals surface area contributed by atoms with Gasteiger partial charge in [0, 0.05) is 28.6 Å². The van der Waals surface area contributed by atoms with Crippen molar-refractivity contribution in [2.75, 3.05) is 4.31 Å². The van der Waals surface area contributed by atoms with Gasteiger partial charge in [-0.05, 0) is 35.9 Å². The summed E-state index contributed by atoms with van der Waals surface area (Å²) in [6.07, 6.45) is 1.51. The Morgan fingerprint density at radius 1 is 1.17 bits per heavy atom. The molecule has 1 unspecified atom stereocenters. The first-order valence-electron chi connectivity index (χ1n) is 6.70. The molecule has 0 fully saturated rings. The van der Waals surface area contributed by atoms with Crippen LogP contribution in [0.3, 0.4) is 0 Å². The van der Waals surface area contributed by atoms with Crippen molar-refractivity contribution < 1.29 is 13.7 Å². The number of rotatable bonds is 5. The summed E-state index contributed by atoms with van der Waals surface area (Å²) in [6.45, 7) is 0. The van der Waals surface area contributed by atoms with Gasteiger partial charge < -0.3 is 4.55 Å². The van der Waals surface area contributed by atoms with Crippen LogP contribution in [0.25, 0.3) is 10.4 Å². The zero-order valence-electron chi connectivity index (χ0n) is 12.1. The Hall–Kier alpha value is -2.62. The Morgan fingerprint density at radius 2 is 1.92 bits per heavy atom. The first kappa shape index (κ1) is 16.2. The number of benzene rings is 1. The van der Waals surface area contributed by atoms with Gasteiger partial charge >= 0.3 is 0 Å². The molecular formula is C15H10N3O4S2-. The molecule has 3 aromatic rings. The number of thiophene rings is 1. The van der Waals surface area contributed by atoms with E-state index in [0.717, 1.165) is 14.7 Å². The summed E-state index contributed by atoms with van der Waals surface area (Å²) in [5.74, 6) is 0.291. The van der Waals surface area contributed by atoms with E-state index in [0.29, 0.717) is 11.5 Å². The Bertz CT molecular complexity index is 881. The number of nitrogens with zero attached hydrogens (tertiary/aromatic N) is 3. The van der Waals surface area contributed by atoms with Crippen molar-refractivity contribution in [3.8, 4) is 10.4 Å². The summed E-state index contributed by atoms with van der Waals surface area (Å²) in [5, 5.41) is 12.4. The van der Waals surface area contributed by atoms with Crippen molar-refractivity contribution in [2.24, 2.45) is 0 Å². The van der Waals surface area contributed by atoms with E-state index in [1.165, 1.54) is 29.7 Å². The van der Waals surface area contributed by atoms with Crippen LogP contribution in [0.4, 0.5) is 17.2 Å². The van der Waals surface area contributed by atoms with Gasteiger partial charge in [0.05, 0.1) is 21.9 Å². The second kappa shape index (κ2) is 6.87. The molecule has 0 N–H and O–H groups in total. The molecule has 7 nitrogen and oxygen atoms in total. The summed E-state index contributed by atoms with van der Waals surface area (Å²) >= 11 is -1.18. The Morgan fingerprint density at radius 3 is 2.50 bits per heavy atom. The fourth-order valence-electron chi connectivity index (χ4n) is 2.10. The third-order valence-corrected chi connectivity index (χ3v) is 4.85. The summed E-state index contributed by atoms with van der Waals surface area (Å²) in [6, 6.07) is 12.8. The SMILES string of the molecule is O=[N+]([O-])c1ccc(-c2cc(N(c3ccccn3)S(=O)[O-])cs2)cc1. The number of nitro groups is 1. The molecule has 0 spiro atoms. The van der Waals surface area contributed by atoms with Crippen LogP contribution in [0.2, 0.25) is 0 Å². The molecule has 0 aliphatic rings. The molecule has 0 saturated carbocycles. The van der Waals surface area contributed by atoms with Crippen molar-refractivity contribution in [3.05, 3.63) is 70.2 Å². The molecule has 2 heterocycles. The van der Waals surface area contributed by atoms with Crippen LogP contribution >= 0.6 is 11.3 Å². The number of aromatic nitrogens is 1. The average molecular weight is 360 g/mol. The first-order valence-corrected chi connectivity index (χ1v) is 8.61. The van der Waals surface area contributed by atoms with Gasteiger partial charge in [0.1, 0.15) is 5.82 Å². The topological polar surface area (TPSA) is 99.4 Å². The van der Waals surface area contributed by atoms with Gasteiger partial charge in [0.2, 0.25) is 0 Å². The van der Waals surface area contributed by atoms with Gasteiger partial charge in [-0.15, -0.1) is 11.3 Å². The van der Waals surface area contributed by atoms with Gasteiger partial charge in [0.15, 0.2) is 0 Å². The highest BCUT2D eigenvalue weighted by Gasteiger charge is 2.14. The molecule has 0 saturated heterocycles. The third-order valence-electron chi connectivity index (χ3n) is 3.19. The van der Waals surface area contributed by atoms with Crippen molar-refractivity contribution in [1.29, 1.82) is 0 Å². The normalized spacial score (nSPS) is 11.9. The van der Waals surface area contributed by atoms with Crippen LogP contribution < -0.4 is 4.31 Å². The molecule has 122 valence electrons. The van der Waals surface area contributed by atoms with Gasteiger partial charge in [-0.2, -0.15) is 0 Å². The van der Waals surface area contributed by atoms with Crippen LogP contribution in [-0.4, -0.2) is 18.7 Å².